The second-order valence-electron chi connectivity index (χ2n) is 5.58. The highest BCUT2D eigenvalue weighted by Gasteiger charge is 2.26. The number of aliphatic imine (C=N–C) groups is 1. The summed E-state index contributed by atoms with van der Waals surface area (Å²) in [4.78, 5) is 27.1. The number of thiophene rings is 1. The summed E-state index contributed by atoms with van der Waals surface area (Å²) in [6.45, 7) is 0.147. The number of methoxy groups -OCH3 is 1. The fraction of sp³-hybridized carbons (Fsp3) is 0.250. The first-order valence-corrected chi connectivity index (χ1v) is 9.07. The van der Waals surface area contributed by atoms with Crippen molar-refractivity contribution in [2.45, 2.75) is 6.17 Å². The van der Waals surface area contributed by atoms with E-state index in [1.54, 1.807) is 24.3 Å². The van der Waals surface area contributed by atoms with Crippen LogP contribution in [0.1, 0.15) is 11.1 Å². The third kappa shape index (κ3) is 4.42. The average Bonchev–Trinajstić information content (AvgIpc) is 2.91. The van der Waals surface area contributed by atoms with Gasteiger partial charge in [0, 0.05) is 18.7 Å². The van der Waals surface area contributed by atoms with Crippen LogP contribution in [-0.2, 0) is 9.53 Å². The fourth-order valence-electron chi connectivity index (χ4n) is 2.60. The number of nitro groups is 1. The predicted molar refractivity (Wildman–Crippen MR) is 103 cm³/mol. The summed E-state index contributed by atoms with van der Waals surface area (Å²) in [6.07, 6.45) is -0.431. The van der Waals surface area contributed by atoms with E-state index in [1.807, 2.05) is 0 Å². The molecule has 11 heteroatoms. The Hall–Kier alpha value is -2.53. The van der Waals surface area contributed by atoms with Crippen molar-refractivity contribution in [1.29, 1.82) is 0 Å². The number of amides is 1. The lowest BCUT2D eigenvalue weighted by Crippen LogP contribution is -2.50. The monoisotopic (exact) mass is 409 g/mol. The molecule has 1 unspecified atom stereocenters. The quantitative estimate of drug-likeness (QED) is 0.497. The van der Waals surface area contributed by atoms with Crippen molar-refractivity contribution in [3.8, 4) is 0 Å². The summed E-state index contributed by atoms with van der Waals surface area (Å²) >= 11 is 7.45. The van der Waals surface area contributed by atoms with Crippen molar-refractivity contribution < 1.29 is 14.5 Å². The van der Waals surface area contributed by atoms with Crippen molar-refractivity contribution in [2.75, 3.05) is 25.6 Å². The van der Waals surface area contributed by atoms with E-state index in [9.17, 15) is 14.9 Å². The minimum absolute atomic E-state index is 0.0377. The van der Waals surface area contributed by atoms with Gasteiger partial charge in [-0.25, -0.2) is 5.43 Å². The minimum Gasteiger partial charge on any atom is -0.375 e. The van der Waals surface area contributed by atoms with E-state index in [4.69, 9.17) is 16.3 Å². The number of hydrogen-bond acceptors (Lipinski definition) is 8. The third-order valence-electron chi connectivity index (χ3n) is 3.71. The minimum atomic E-state index is -0.440. The molecule has 0 bridgehead atoms. The van der Waals surface area contributed by atoms with Crippen LogP contribution in [0.4, 0.5) is 10.7 Å². The van der Waals surface area contributed by atoms with E-state index in [0.717, 1.165) is 0 Å². The summed E-state index contributed by atoms with van der Waals surface area (Å²) in [5.41, 5.74) is 6.87. The molecular formula is C16H16ClN5O4S. The van der Waals surface area contributed by atoms with E-state index < -0.39 is 11.1 Å². The number of anilines is 1. The van der Waals surface area contributed by atoms with Crippen LogP contribution in [0, 0.1) is 10.1 Å². The van der Waals surface area contributed by atoms with Gasteiger partial charge < -0.3 is 10.1 Å². The molecule has 1 aliphatic rings. The Morgan fingerprint density at radius 2 is 2.26 bits per heavy atom. The van der Waals surface area contributed by atoms with Crippen molar-refractivity contribution >= 4 is 45.2 Å². The number of nitrogens with one attached hydrogen (secondary N) is 3. The van der Waals surface area contributed by atoms with Gasteiger partial charge in [-0.2, -0.15) is 0 Å². The molecule has 1 atom stereocenters. The van der Waals surface area contributed by atoms with Crippen molar-refractivity contribution in [3.63, 3.8) is 0 Å². The summed E-state index contributed by atoms with van der Waals surface area (Å²) in [5, 5.41) is 15.3. The number of nitro benzene ring substituents is 1. The van der Waals surface area contributed by atoms with E-state index in [2.05, 4.69) is 21.2 Å². The molecular weight excluding hydrogens is 394 g/mol. The molecule has 0 spiro atoms. The molecule has 2 heterocycles. The molecule has 9 nitrogen and oxygen atoms in total. The molecule has 1 aliphatic heterocycles. The molecule has 1 aromatic heterocycles. The number of nitrogens with zero attached hydrogens (tertiary/aromatic N) is 2. The highest BCUT2D eigenvalue weighted by Crippen LogP contribution is 2.36. The number of benzene rings is 1. The Bertz CT molecular complexity index is 901. The largest absolute Gasteiger partial charge is 0.375 e. The van der Waals surface area contributed by atoms with Gasteiger partial charge in [-0.3, -0.25) is 25.3 Å². The smallest absolute Gasteiger partial charge is 0.278 e. The second kappa shape index (κ2) is 8.44. The average molecular weight is 410 g/mol. The van der Waals surface area contributed by atoms with E-state index in [-0.39, 0.29) is 24.7 Å². The zero-order valence-electron chi connectivity index (χ0n) is 14.2. The van der Waals surface area contributed by atoms with Gasteiger partial charge in [0.2, 0.25) is 0 Å². The maximum atomic E-state index is 11.6. The zero-order valence-corrected chi connectivity index (χ0v) is 15.8. The molecule has 142 valence electrons. The first kappa shape index (κ1) is 19.2. The summed E-state index contributed by atoms with van der Waals surface area (Å²) in [7, 11) is 1.42. The lowest BCUT2D eigenvalue weighted by Gasteiger charge is -2.17. The number of carbonyl (C=O) groups is 1. The molecule has 0 aliphatic carbocycles. The Morgan fingerprint density at radius 1 is 1.48 bits per heavy atom. The van der Waals surface area contributed by atoms with Crippen LogP contribution < -0.4 is 16.2 Å². The molecule has 0 fully saturated rings. The first-order valence-electron chi connectivity index (χ1n) is 7.87. The second-order valence-corrected chi connectivity index (χ2v) is 7.26. The molecule has 3 N–H and O–H groups in total. The molecule has 0 radical (unpaired) electrons. The van der Waals surface area contributed by atoms with Crippen LogP contribution in [0.2, 0.25) is 4.34 Å². The summed E-state index contributed by atoms with van der Waals surface area (Å²) in [6, 6.07) is 8.13. The molecule has 3 rings (SSSR count). The predicted octanol–water partition coefficient (Wildman–Crippen LogP) is 2.17. The van der Waals surface area contributed by atoms with Crippen LogP contribution in [0.25, 0.3) is 0 Å². The molecule has 1 amide bonds. The van der Waals surface area contributed by atoms with Gasteiger partial charge in [-0.1, -0.05) is 23.7 Å². The van der Waals surface area contributed by atoms with E-state index >= 15 is 0 Å². The standard InChI is InChI=1S/C16H16ClN5O4S/c1-26-8-14(23)21-20-13-7-18-15(10-6-12(17)27-16(10)19-13)9-4-2-3-5-11(9)22(24)25/h2-6,13,19-20H,7-8H2,1H3,(H,21,23). The Morgan fingerprint density at radius 3 is 3.00 bits per heavy atom. The number of hydrogen-bond donors (Lipinski definition) is 3. The third-order valence-corrected chi connectivity index (χ3v) is 4.91. The Balaban J connectivity index is 1.93. The number of fused-ring (bicyclic) bond motifs is 1. The maximum Gasteiger partial charge on any atom is 0.278 e. The normalized spacial score (nSPS) is 15.9. The number of para-hydroxylation sites is 1. The molecule has 1 aromatic carbocycles. The Labute approximate surface area is 163 Å². The number of carbonyl (C=O) groups excluding carboxylic acids is 1. The number of ether oxygens (including phenoxy) is 1. The van der Waals surface area contributed by atoms with E-state index in [1.165, 1.54) is 24.5 Å². The van der Waals surface area contributed by atoms with Crippen LogP contribution >= 0.6 is 22.9 Å². The fourth-order valence-corrected chi connectivity index (χ4v) is 3.77. The van der Waals surface area contributed by atoms with Gasteiger partial charge in [-0.15, -0.1) is 11.3 Å². The lowest BCUT2D eigenvalue weighted by atomic mass is 10.0. The molecule has 27 heavy (non-hydrogen) atoms. The van der Waals surface area contributed by atoms with Gasteiger partial charge in [-0.05, 0) is 12.1 Å². The highest BCUT2D eigenvalue weighted by atomic mass is 35.5. The van der Waals surface area contributed by atoms with Crippen molar-refractivity contribution in [3.05, 3.63) is 55.9 Å². The van der Waals surface area contributed by atoms with Gasteiger partial charge in [0.1, 0.15) is 17.8 Å². The number of hydrazine groups is 1. The molecule has 2 aromatic rings. The number of halogens is 1. The molecule has 0 saturated heterocycles. The van der Waals surface area contributed by atoms with Crippen molar-refractivity contribution in [2.24, 2.45) is 4.99 Å². The summed E-state index contributed by atoms with van der Waals surface area (Å²) < 4.78 is 5.28. The van der Waals surface area contributed by atoms with E-state index in [0.29, 0.717) is 26.2 Å². The van der Waals surface area contributed by atoms with Gasteiger partial charge >= 0.3 is 0 Å². The topological polar surface area (TPSA) is 118 Å². The first-order chi connectivity index (χ1) is 13.0. The van der Waals surface area contributed by atoms with Crippen LogP contribution in [0.15, 0.2) is 35.3 Å². The zero-order chi connectivity index (χ0) is 19.4. The summed E-state index contributed by atoms with van der Waals surface area (Å²) in [5.74, 6) is -0.337. The van der Waals surface area contributed by atoms with Gasteiger partial charge in [0.15, 0.2) is 0 Å². The highest BCUT2D eigenvalue weighted by molar-refractivity contribution is 7.20. The Kier molecular flexibility index (Phi) is 6.01. The molecule has 0 saturated carbocycles. The van der Waals surface area contributed by atoms with Crippen LogP contribution in [-0.4, -0.2) is 43.0 Å². The lowest BCUT2D eigenvalue weighted by molar-refractivity contribution is -0.385. The van der Waals surface area contributed by atoms with Crippen LogP contribution in [0.5, 0.6) is 0 Å². The SMILES string of the molecule is COCC(=O)NNC1CN=C(c2ccccc2[N+](=O)[O-])c2cc(Cl)sc2N1. The number of rotatable bonds is 6. The van der Waals surface area contributed by atoms with Crippen molar-refractivity contribution in [1.82, 2.24) is 10.9 Å². The maximum absolute atomic E-state index is 11.6. The van der Waals surface area contributed by atoms with Gasteiger partial charge in [0.05, 0.1) is 27.1 Å². The van der Waals surface area contributed by atoms with Crippen LogP contribution in [0.3, 0.4) is 0 Å². The van der Waals surface area contributed by atoms with Gasteiger partial charge in [0.25, 0.3) is 11.6 Å².